The summed E-state index contributed by atoms with van der Waals surface area (Å²) < 4.78 is 2.07. The van der Waals surface area contributed by atoms with Crippen LogP contribution in [0.2, 0.25) is 0 Å². The van der Waals surface area contributed by atoms with Crippen LogP contribution in [-0.4, -0.2) is 22.6 Å². The predicted molar refractivity (Wildman–Crippen MR) is 63.2 cm³/mol. The van der Waals surface area contributed by atoms with Crippen LogP contribution in [0.5, 0.6) is 0 Å². The number of hydrogen-bond acceptors (Lipinski definition) is 2. The van der Waals surface area contributed by atoms with Gasteiger partial charge >= 0.3 is 0 Å². The highest BCUT2D eigenvalue weighted by Crippen LogP contribution is 2.17. The van der Waals surface area contributed by atoms with E-state index in [0.717, 1.165) is 19.5 Å². The Kier molecular flexibility index (Phi) is 5.84. The average Bonchev–Trinajstić information content (AvgIpc) is 2.53. The van der Waals surface area contributed by atoms with Gasteiger partial charge in [-0.2, -0.15) is 0 Å². The summed E-state index contributed by atoms with van der Waals surface area (Å²) in [6.07, 6.45) is 7.12. The molecule has 80 valence electrons. The van der Waals surface area contributed by atoms with Crippen LogP contribution in [0.1, 0.15) is 12.1 Å². The quantitative estimate of drug-likeness (QED) is 0.803. The fourth-order valence-electron chi connectivity index (χ4n) is 1.52. The second-order valence-corrected chi connectivity index (χ2v) is 3.07. The molecule has 1 aromatic rings. The molecule has 0 saturated heterocycles. The monoisotopic (exact) mass is 235 g/mol. The van der Waals surface area contributed by atoms with Crippen LogP contribution in [0.3, 0.4) is 0 Å². The summed E-state index contributed by atoms with van der Waals surface area (Å²) in [6.45, 7) is 2.07. The first kappa shape index (κ1) is 13.5. The first-order chi connectivity index (χ1) is 5.88. The molecule has 2 heterocycles. The van der Waals surface area contributed by atoms with Crippen LogP contribution in [-0.2, 0) is 7.05 Å². The van der Waals surface area contributed by atoms with E-state index < -0.39 is 0 Å². The summed E-state index contributed by atoms with van der Waals surface area (Å²) in [5.74, 6) is 0. The molecule has 0 fully saturated rings. The van der Waals surface area contributed by atoms with Gasteiger partial charge in [0.25, 0.3) is 0 Å². The largest absolute Gasteiger partial charge is 0.334 e. The van der Waals surface area contributed by atoms with Crippen molar-refractivity contribution in [2.75, 3.05) is 13.1 Å². The molecule has 3 nitrogen and oxygen atoms in total. The average molecular weight is 236 g/mol. The van der Waals surface area contributed by atoms with Crippen molar-refractivity contribution in [1.29, 1.82) is 0 Å². The van der Waals surface area contributed by atoms with Crippen molar-refractivity contribution in [3.8, 4) is 0 Å². The topological polar surface area (TPSA) is 29.9 Å². The van der Waals surface area contributed by atoms with Gasteiger partial charge in [-0.1, -0.05) is 6.08 Å². The molecule has 1 aliphatic heterocycles. The number of rotatable bonds is 1. The fourth-order valence-corrected chi connectivity index (χ4v) is 1.52. The Balaban J connectivity index is 0.000000845. The number of nitrogens with zero attached hydrogens (tertiary/aromatic N) is 2. The molecule has 0 amide bonds. The lowest BCUT2D eigenvalue weighted by Crippen LogP contribution is -2.20. The van der Waals surface area contributed by atoms with Crippen LogP contribution in [0.25, 0.3) is 5.57 Å². The Morgan fingerprint density at radius 2 is 2.21 bits per heavy atom. The molecule has 0 atom stereocenters. The zero-order valence-corrected chi connectivity index (χ0v) is 9.70. The summed E-state index contributed by atoms with van der Waals surface area (Å²) >= 11 is 0. The van der Waals surface area contributed by atoms with E-state index in [1.807, 2.05) is 19.6 Å². The van der Waals surface area contributed by atoms with E-state index in [9.17, 15) is 0 Å². The zero-order valence-electron chi connectivity index (χ0n) is 8.06. The molecule has 5 heteroatoms. The molecular formula is C9H15Cl2N3. The van der Waals surface area contributed by atoms with E-state index in [4.69, 9.17) is 0 Å². The molecule has 0 unspecified atom stereocenters. The molecule has 1 aliphatic rings. The Bertz CT molecular complexity index is 307. The minimum absolute atomic E-state index is 0. The number of halogens is 2. The summed E-state index contributed by atoms with van der Waals surface area (Å²) in [7, 11) is 2.03. The number of aryl methyl sites for hydroxylation is 1. The van der Waals surface area contributed by atoms with Crippen molar-refractivity contribution in [1.82, 2.24) is 14.9 Å². The fraction of sp³-hybridized carbons (Fsp3) is 0.444. The van der Waals surface area contributed by atoms with E-state index in [2.05, 4.69) is 20.9 Å². The van der Waals surface area contributed by atoms with E-state index in [1.165, 1.54) is 11.3 Å². The third-order valence-corrected chi connectivity index (χ3v) is 2.21. The number of imidazole rings is 1. The van der Waals surface area contributed by atoms with Crippen LogP contribution in [0.4, 0.5) is 0 Å². The van der Waals surface area contributed by atoms with Gasteiger partial charge in [-0.25, -0.2) is 4.98 Å². The molecule has 0 radical (unpaired) electrons. The van der Waals surface area contributed by atoms with E-state index in [-0.39, 0.29) is 24.8 Å². The second kappa shape index (κ2) is 6.06. The van der Waals surface area contributed by atoms with Gasteiger partial charge in [0.2, 0.25) is 0 Å². The van der Waals surface area contributed by atoms with Gasteiger partial charge in [-0.3, -0.25) is 0 Å². The Labute approximate surface area is 96.4 Å². The minimum atomic E-state index is 0. The highest BCUT2D eigenvalue weighted by Gasteiger charge is 2.07. The maximum atomic E-state index is 4.10. The summed E-state index contributed by atoms with van der Waals surface area (Å²) in [5, 5.41) is 3.29. The van der Waals surface area contributed by atoms with Gasteiger partial charge in [0, 0.05) is 13.6 Å². The van der Waals surface area contributed by atoms with Crippen molar-refractivity contribution in [2.45, 2.75) is 6.42 Å². The van der Waals surface area contributed by atoms with Gasteiger partial charge in [-0.15, -0.1) is 24.8 Å². The standard InChI is InChI=1S/C9H13N3.2ClH/c1-12-7-11-6-9(12)8-2-4-10-5-3-8;;/h2,6-7,10H,3-5H2,1H3;2*1H. The molecule has 1 N–H and O–H groups in total. The van der Waals surface area contributed by atoms with Crippen LogP contribution < -0.4 is 5.32 Å². The van der Waals surface area contributed by atoms with Crippen molar-refractivity contribution in [3.63, 3.8) is 0 Å². The molecule has 0 aromatic carbocycles. The summed E-state index contributed by atoms with van der Waals surface area (Å²) in [5.41, 5.74) is 2.66. The molecule has 0 saturated carbocycles. The molecule has 14 heavy (non-hydrogen) atoms. The van der Waals surface area contributed by atoms with Gasteiger partial charge in [0.05, 0.1) is 18.2 Å². The van der Waals surface area contributed by atoms with Gasteiger partial charge in [0.15, 0.2) is 0 Å². The number of nitrogens with one attached hydrogen (secondary N) is 1. The lowest BCUT2D eigenvalue weighted by Gasteiger charge is -2.13. The second-order valence-electron chi connectivity index (χ2n) is 3.07. The Morgan fingerprint density at radius 3 is 2.71 bits per heavy atom. The Morgan fingerprint density at radius 1 is 1.43 bits per heavy atom. The Hall–Kier alpha value is -0.510. The predicted octanol–water partition coefficient (Wildman–Crippen LogP) is 1.64. The van der Waals surface area contributed by atoms with Crippen molar-refractivity contribution < 1.29 is 0 Å². The zero-order chi connectivity index (χ0) is 8.39. The molecule has 0 aliphatic carbocycles. The summed E-state index contributed by atoms with van der Waals surface area (Å²) in [4.78, 5) is 4.10. The smallest absolute Gasteiger partial charge is 0.0948 e. The first-order valence-corrected chi connectivity index (χ1v) is 4.24. The van der Waals surface area contributed by atoms with Crippen LogP contribution in [0.15, 0.2) is 18.6 Å². The number of hydrogen-bond donors (Lipinski definition) is 1. The molecule has 0 spiro atoms. The molecule has 2 rings (SSSR count). The highest BCUT2D eigenvalue weighted by atomic mass is 35.5. The minimum Gasteiger partial charge on any atom is -0.334 e. The normalized spacial score (nSPS) is 15.1. The highest BCUT2D eigenvalue weighted by molar-refractivity contribution is 5.85. The van der Waals surface area contributed by atoms with E-state index in [1.54, 1.807) is 0 Å². The lowest BCUT2D eigenvalue weighted by atomic mass is 10.1. The van der Waals surface area contributed by atoms with Gasteiger partial charge in [-0.05, 0) is 18.5 Å². The van der Waals surface area contributed by atoms with Gasteiger partial charge in [0.1, 0.15) is 0 Å². The maximum absolute atomic E-state index is 4.10. The lowest BCUT2D eigenvalue weighted by molar-refractivity contribution is 0.732. The third-order valence-electron chi connectivity index (χ3n) is 2.21. The van der Waals surface area contributed by atoms with Crippen molar-refractivity contribution in [3.05, 3.63) is 24.3 Å². The van der Waals surface area contributed by atoms with Crippen molar-refractivity contribution in [2.24, 2.45) is 7.05 Å². The SMILES string of the molecule is Cl.Cl.Cn1cncc1C1=CCNCC1. The third kappa shape index (κ3) is 2.74. The maximum Gasteiger partial charge on any atom is 0.0948 e. The van der Waals surface area contributed by atoms with Crippen LogP contribution >= 0.6 is 24.8 Å². The molecule has 1 aromatic heterocycles. The molecular weight excluding hydrogens is 221 g/mol. The molecule has 0 bridgehead atoms. The van der Waals surface area contributed by atoms with Crippen molar-refractivity contribution >= 4 is 30.4 Å². The van der Waals surface area contributed by atoms with Crippen LogP contribution in [0, 0.1) is 0 Å². The summed E-state index contributed by atoms with van der Waals surface area (Å²) in [6, 6.07) is 0. The number of aromatic nitrogens is 2. The van der Waals surface area contributed by atoms with E-state index >= 15 is 0 Å². The first-order valence-electron chi connectivity index (χ1n) is 4.24. The van der Waals surface area contributed by atoms with E-state index in [0.29, 0.717) is 0 Å². The van der Waals surface area contributed by atoms with Gasteiger partial charge < -0.3 is 9.88 Å².